The molecular formula is C21H27BF12O14S4Si. The van der Waals surface area contributed by atoms with Gasteiger partial charge in [0.05, 0.1) is 0 Å². The van der Waals surface area contributed by atoms with Crippen molar-refractivity contribution in [2.75, 3.05) is 0 Å². The standard InChI is InChI=1S/C17H27O2Si.C4BF12O12S4/c1-20(2,3)19-17(16-12-8-5-9-13-16)18-14-15-10-6-4-7-11-15;6-1(7,8)30(18,19)26-5(27-31(20,21)2(9,10)11,28-32(22,23)3(12,13)14)29-33(24,25)4(15,16)17/h4,6-7,10-11,16H,5,8-9,12-14H2,1-3H3;/q+1;-1. The van der Waals surface area contributed by atoms with Gasteiger partial charge in [-0.1, -0.05) is 49.6 Å². The fourth-order valence-electron chi connectivity index (χ4n) is 3.53. The number of alkyl halides is 12. The van der Waals surface area contributed by atoms with Crippen LogP contribution >= 0.6 is 0 Å². The highest BCUT2D eigenvalue weighted by Gasteiger charge is 2.64. The van der Waals surface area contributed by atoms with Crippen molar-refractivity contribution >= 4 is 61.7 Å². The Bertz CT molecular complexity index is 1660. The number of hydrogen-bond donors (Lipinski definition) is 0. The van der Waals surface area contributed by atoms with E-state index in [0.717, 1.165) is 5.97 Å². The van der Waals surface area contributed by atoms with Crippen LogP contribution < -0.4 is 0 Å². The summed E-state index contributed by atoms with van der Waals surface area (Å²) in [6.45, 7) is -0.592. The van der Waals surface area contributed by atoms with Gasteiger partial charge in [-0.3, -0.25) is 0 Å². The van der Waals surface area contributed by atoms with Crippen molar-refractivity contribution in [3.05, 3.63) is 35.9 Å². The maximum absolute atomic E-state index is 12.4. The van der Waals surface area contributed by atoms with Crippen molar-refractivity contribution < 1.29 is 112 Å². The third-order valence-electron chi connectivity index (χ3n) is 5.68. The zero-order valence-corrected chi connectivity index (χ0v) is 30.9. The van der Waals surface area contributed by atoms with Gasteiger partial charge >= 0.3 is 83.7 Å². The van der Waals surface area contributed by atoms with Gasteiger partial charge in [0, 0.05) is 5.56 Å². The Morgan fingerprint density at radius 2 is 0.943 bits per heavy atom. The molecule has 1 aromatic carbocycles. The monoisotopic (exact) mass is 898 g/mol. The van der Waals surface area contributed by atoms with Gasteiger partial charge in [-0.25, -0.2) is 0 Å². The molecule has 1 saturated carbocycles. The predicted molar refractivity (Wildman–Crippen MR) is 156 cm³/mol. The molecule has 2 rings (SSSR count). The quantitative estimate of drug-likeness (QED) is 0.110. The molecule has 0 unspecified atom stereocenters. The van der Waals surface area contributed by atoms with Crippen LogP contribution in [0.25, 0.3) is 0 Å². The van der Waals surface area contributed by atoms with Crippen molar-refractivity contribution in [3.63, 3.8) is 0 Å². The molecule has 0 atom stereocenters. The highest BCUT2D eigenvalue weighted by molar-refractivity contribution is 7.93. The molecule has 0 N–H and O–H groups in total. The van der Waals surface area contributed by atoms with Crippen LogP contribution in [0.15, 0.2) is 30.3 Å². The van der Waals surface area contributed by atoms with E-state index in [1.165, 1.54) is 37.7 Å². The summed E-state index contributed by atoms with van der Waals surface area (Å²) in [5.74, 6) is 1.41. The molecule has 0 radical (unpaired) electrons. The number of halogens is 12. The molecule has 0 spiro atoms. The summed E-state index contributed by atoms with van der Waals surface area (Å²) in [6, 6.07) is 10.4. The first-order valence-corrected chi connectivity index (χ1v) is 22.8. The minimum Gasteiger partial charge on any atom is -0.411 e. The van der Waals surface area contributed by atoms with E-state index < -0.39 is 77.8 Å². The lowest BCUT2D eigenvalue weighted by molar-refractivity contribution is -0.486. The maximum atomic E-state index is 12.4. The maximum Gasteiger partial charge on any atom is 0.587 e. The summed E-state index contributed by atoms with van der Waals surface area (Å²) in [5, 5.41) is 0. The minimum absolute atomic E-state index is 0.499. The molecule has 0 bridgehead atoms. The van der Waals surface area contributed by atoms with Crippen molar-refractivity contribution in [2.24, 2.45) is 5.92 Å². The molecule has 1 fully saturated rings. The Hall–Kier alpha value is -2.23. The normalized spacial score (nSPS) is 16.8. The van der Waals surface area contributed by atoms with Gasteiger partial charge in [-0.2, -0.15) is 86.4 Å². The molecule has 0 heterocycles. The first kappa shape index (κ1) is 48.8. The van der Waals surface area contributed by atoms with E-state index in [-0.39, 0.29) is 0 Å². The predicted octanol–water partition coefficient (Wildman–Crippen LogP) is 5.57. The molecule has 310 valence electrons. The molecule has 0 aliphatic heterocycles. The Morgan fingerprint density at radius 3 is 1.23 bits per heavy atom. The topological polar surface area (TPSA) is 194 Å². The first-order valence-electron chi connectivity index (χ1n) is 13.8. The highest BCUT2D eigenvalue weighted by atomic mass is 32.2. The Morgan fingerprint density at radius 1 is 0.623 bits per heavy atom. The van der Waals surface area contributed by atoms with Crippen LogP contribution in [0.3, 0.4) is 0 Å². The first-order chi connectivity index (χ1) is 23.4. The lowest BCUT2D eigenvalue weighted by atomic mass is 9.89. The average molecular weight is 899 g/mol. The molecule has 14 nitrogen and oxygen atoms in total. The Balaban J connectivity index is 0.000000593. The second-order valence-corrected chi connectivity index (χ2v) is 21.9. The molecule has 53 heavy (non-hydrogen) atoms. The smallest absolute Gasteiger partial charge is 0.411 e. The third kappa shape index (κ3) is 14.7. The minimum atomic E-state index is -8.05. The van der Waals surface area contributed by atoms with Crippen LogP contribution in [0.1, 0.15) is 37.7 Å². The molecule has 1 aliphatic rings. The second-order valence-electron chi connectivity index (χ2n) is 11.2. The fraction of sp³-hybridized carbons (Fsp3) is 0.667. The number of hydrogen-bond acceptors (Lipinski definition) is 13. The molecule has 1 aromatic rings. The van der Waals surface area contributed by atoms with E-state index >= 15 is 0 Å². The molecule has 0 amide bonds. The van der Waals surface area contributed by atoms with E-state index in [0.29, 0.717) is 12.5 Å². The fourth-order valence-corrected chi connectivity index (χ4v) is 6.81. The summed E-state index contributed by atoms with van der Waals surface area (Å²) >= 11 is 0. The summed E-state index contributed by atoms with van der Waals surface area (Å²) in [4.78, 5) is 0. The molecule has 0 saturated heterocycles. The molecular weight excluding hydrogens is 871 g/mol. The van der Waals surface area contributed by atoms with Crippen LogP contribution in [0.2, 0.25) is 19.6 Å². The Kier molecular flexibility index (Phi) is 15.5. The zero-order chi connectivity index (χ0) is 41.8. The van der Waals surface area contributed by atoms with E-state index in [1.54, 1.807) is 0 Å². The average Bonchev–Trinajstić information content (AvgIpc) is 2.92. The van der Waals surface area contributed by atoms with Gasteiger partial charge in [0.15, 0.2) is 0 Å². The zero-order valence-electron chi connectivity index (χ0n) is 26.7. The third-order valence-corrected chi connectivity index (χ3v) is 10.7. The van der Waals surface area contributed by atoms with Gasteiger partial charge in [0.25, 0.3) is 0 Å². The number of benzene rings is 1. The van der Waals surface area contributed by atoms with Gasteiger partial charge in [0.2, 0.25) is 6.61 Å². The largest absolute Gasteiger partial charge is 0.587 e. The summed E-state index contributed by atoms with van der Waals surface area (Å²) in [5.41, 5.74) is -27.3. The van der Waals surface area contributed by atoms with Gasteiger partial charge in [0.1, 0.15) is 5.92 Å². The lowest BCUT2D eigenvalue weighted by Gasteiger charge is -2.37. The molecule has 32 heteroatoms. The van der Waals surface area contributed by atoms with Crippen molar-refractivity contribution in [3.8, 4) is 0 Å². The number of carbonyl (C=O) groups excluding carboxylic acids is 1. The van der Waals surface area contributed by atoms with Crippen molar-refractivity contribution in [1.29, 1.82) is 0 Å². The summed E-state index contributed by atoms with van der Waals surface area (Å²) in [6.07, 6.45) is 6.40. The Labute approximate surface area is 295 Å². The lowest BCUT2D eigenvalue weighted by Crippen LogP contribution is -2.59. The van der Waals surface area contributed by atoms with Gasteiger partial charge in [-0.05, 0) is 32.5 Å². The summed E-state index contributed by atoms with van der Waals surface area (Å²) in [7, 11) is -33.8. The van der Waals surface area contributed by atoms with Crippen molar-refractivity contribution in [1.82, 2.24) is 0 Å². The van der Waals surface area contributed by atoms with Crippen LogP contribution in [0, 0.1) is 5.92 Å². The van der Waals surface area contributed by atoms with Crippen molar-refractivity contribution in [2.45, 2.75) is 80.4 Å². The van der Waals surface area contributed by atoms with Gasteiger partial charge in [-0.15, -0.1) is 0 Å². The van der Waals surface area contributed by atoms with Crippen LogP contribution in [0.4, 0.5) is 52.7 Å². The SMILES string of the molecule is C[Si](C)(C)OC(=[O+]Cc1ccccc1)C1CCCCC1.O=S(=O)(O[B-](OS(=O)(=O)C(F)(F)F)(OS(=O)(=O)C(F)(F)F)OS(=O)(=O)C(F)(F)F)C(F)(F)F. The van der Waals surface area contributed by atoms with Gasteiger partial charge < -0.3 is 25.3 Å². The van der Waals surface area contributed by atoms with E-state index in [9.17, 15) is 86.4 Å². The van der Waals surface area contributed by atoms with Crippen LogP contribution in [-0.2, 0) is 72.3 Å². The van der Waals surface area contributed by atoms with E-state index in [4.69, 9.17) is 8.85 Å². The molecule has 0 aromatic heterocycles. The van der Waals surface area contributed by atoms with Crippen LogP contribution in [-0.4, -0.2) is 76.9 Å². The number of rotatable bonds is 12. The van der Waals surface area contributed by atoms with E-state index in [1.807, 2.05) is 6.07 Å². The van der Waals surface area contributed by atoms with E-state index in [2.05, 4.69) is 60.3 Å². The summed E-state index contributed by atoms with van der Waals surface area (Å²) < 4.78 is 257. The molecule has 1 aliphatic carbocycles. The highest BCUT2D eigenvalue weighted by Crippen LogP contribution is 2.39. The second kappa shape index (κ2) is 16.9. The van der Waals surface area contributed by atoms with Crippen LogP contribution in [0.5, 0.6) is 0 Å².